The van der Waals surface area contributed by atoms with Gasteiger partial charge in [0, 0.05) is 38.4 Å². The van der Waals surface area contributed by atoms with Crippen LogP contribution in [-0.2, 0) is 12.8 Å². The molecule has 6 nitrogen and oxygen atoms in total. The quantitative estimate of drug-likeness (QED) is 0.924. The molecule has 0 amide bonds. The molecule has 128 valence electrons. The molecule has 0 unspecified atom stereocenters. The molecule has 2 aromatic rings. The topological polar surface area (TPSA) is 67.1 Å². The lowest BCUT2D eigenvalue weighted by Gasteiger charge is -2.29. The number of rotatable bonds is 4. The minimum Gasteiger partial charge on any atom is -0.393 e. The third-order valence-electron chi connectivity index (χ3n) is 5.28. The zero-order chi connectivity index (χ0) is 16.4. The Kier molecular flexibility index (Phi) is 4.58. The minimum atomic E-state index is -0.110. The maximum atomic E-state index is 9.58. The van der Waals surface area contributed by atoms with Crippen molar-refractivity contribution in [2.75, 3.05) is 19.6 Å². The Morgan fingerprint density at radius 1 is 1.21 bits per heavy atom. The molecule has 0 spiro atoms. The van der Waals surface area contributed by atoms with Gasteiger partial charge in [0.15, 0.2) is 0 Å². The molecule has 2 aromatic heterocycles. The first-order valence-electron chi connectivity index (χ1n) is 9.04. The Hall–Kier alpha value is -1.79. The number of aromatic nitrogens is 4. The van der Waals surface area contributed by atoms with Crippen molar-refractivity contribution in [3.8, 4) is 0 Å². The second kappa shape index (κ2) is 6.99. The maximum Gasteiger partial charge on any atom is 0.0959 e. The molecular weight excluding hydrogens is 302 g/mol. The van der Waals surface area contributed by atoms with E-state index in [1.807, 2.05) is 16.9 Å². The zero-order valence-electron chi connectivity index (χ0n) is 14.0. The van der Waals surface area contributed by atoms with Gasteiger partial charge in [-0.3, -0.25) is 4.98 Å². The lowest BCUT2D eigenvalue weighted by atomic mass is 9.92. The number of pyridine rings is 1. The lowest BCUT2D eigenvalue weighted by molar-refractivity contribution is 0.0831. The highest BCUT2D eigenvalue weighted by Gasteiger charge is 2.24. The molecule has 24 heavy (non-hydrogen) atoms. The summed E-state index contributed by atoms with van der Waals surface area (Å²) < 4.78 is 2.00. The molecule has 1 aliphatic heterocycles. The summed E-state index contributed by atoms with van der Waals surface area (Å²) in [6.45, 7) is 2.95. The van der Waals surface area contributed by atoms with Crippen LogP contribution in [0, 0.1) is 0 Å². The molecule has 1 atom stereocenters. The number of aliphatic hydroxyl groups is 1. The highest BCUT2D eigenvalue weighted by Crippen LogP contribution is 2.30. The van der Waals surface area contributed by atoms with E-state index in [2.05, 4.69) is 32.5 Å². The number of piperidine rings is 1. The van der Waals surface area contributed by atoms with Gasteiger partial charge in [0.25, 0.3) is 0 Å². The van der Waals surface area contributed by atoms with E-state index in [0.717, 1.165) is 63.1 Å². The number of fused-ring (bicyclic) bond motifs is 1. The van der Waals surface area contributed by atoms with Gasteiger partial charge in [-0.25, -0.2) is 4.68 Å². The van der Waals surface area contributed by atoms with Gasteiger partial charge in [0.05, 0.1) is 23.5 Å². The number of aryl methyl sites for hydroxylation is 1. The Bertz CT molecular complexity index is 678. The van der Waals surface area contributed by atoms with Gasteiger partial charge in [0.2, 0.25) is 0 Å². The van der Waals surface area contributed by atoms with Crippen LogP contribution in [0.4, 0.5) is 0 Å². The smallest absolute Gasteiger partial charge is 0.0959 e. The fourth-order valence-electron chi connectivity index (χ4n) is 3.84. The van der Waals surface area contributed by atoms with Gasteiger partial charge in [0.1, 0.15) is 0 Å². The van der Waals surface area contributed by atoms with E-state index in [-0.39, 0.29) is 12.1 Å². The molecule has 4 rings (SSSR count). The van der Waals surface area contributed by atoms with Crippen molar-refractivity contribution in [3.63, 3.8) is 0 Å². The van der Waals surface area contributed by atoms with Crippen molar-refractivity contribution in [2.45, 2.75) is 50.7 Å². The minimum absolute atomic E-state index is 0.110. The highest BCUT2D eigenvalue weighted by molar-refractivity contribution is 5.26. The summed E-state index contributed by atoms with van der Waals surface area (Å²) >= 11 is 0. The summed E-state index contributed by atoms with van der Waals surface area (Å²) in [5.41, 5.74) is 3.55. The number of nitrogens with zero attached hydrogens (tertiary/aromatic N) is 5. The molecule has 0 bridgehead atoms. The van der Waals surface area contributed by atoms with Gasteiger partial charge in [-0.1, -0.05) is 11.3 Å². The Morgan fingerprint density at radius 2 is 2.08 bits per heavy atom. The summed E-state index contributed by atoms with van der Waals surface area (Å²) in [4.78, 5) is 7.00. The SMILES string of the molecule is OC1CCN(CCc2cn([C@@H]3CCCc4cccnc43)nn2)CC1. The number of hydrogen-bond donors (Lipinski definition) is 1. The van der Waals surface area contributed by atoms with Crippen molar-refractivity contribution >= 4 is 0 Å². The van der Waals surface area contributed by atoms with Crippen molar-refractivity contribution in [1.82, 2.24) is 24.9 Å². The molecule has 1 N–H and O–H groups in total. The average Bonchev–Trinajstić information content (AvgIpc) is 3.09. The second-order valence-corrected chi connectivity index (χ2v) is 6.97. The molecule has 1 saturated heterocycles. The molecule has 2 aliphatic rings. The van der Waals surface area contributed by atoms with E-state index < -0.39 is 0 Å². The summed E-state index contributed by atoms with van der Waals surface area (Å²) in [7, 11) is 0. The molecule has 3 heterocycles. The molecule has 6 heteroatoms. The van der Waals surface area contributed by atoms with Gasteiger partial charge in [-0.15, -0.1) is 5.10 Å². The van der Waals surface area contributed by atoms with Crippen LogP contribution in [0.25, 0.3) is 0 Å². The van der Waals surface area contributed by atoms with Crippen molar-refractivity contribution in [3.05, 3.63) is 41.5 Å². The summed E-state index contributed by atoms with van der Waals surface area (Å²) in [5.74, 6) is 0. The fourth-order valence-corrected chi connectivity index (χ4v) is 3.84. The van der Waals surface area contributed by atoms with Crippen molar-refractivity contribution < 1.29 is 5.11 Å². The monoisotopic (exact) mass is 327 g/mol. The predicted octanol–water partition coefficient (Wildman–Crippen LogP) is 1.60. The van der Waals surface area contributed by atoms with E-state index >= 15 is 0 Å². The molecule has 0 radical (unpaired) electrons. The molecular formula is C18H25N5O. The van der Waals surface area contributed by atoms with Gasteiger partial charge >= 0.3 is 0 Å². The van der Waals surface area contributed by atoms with E-state index in [1.165, 1.54) is 12.0 Å². The standard InChI is InChI=1S/C18H25N5O/c24-16-7-11-22(12-8-16)10-6-15-13-23(21-20-15)17-5-1-3-14-4-2-9-19-18(14)17/h2,4,9,13,16-17,24H,1,3,5-8,10-12H2/t17-/m1/s1. The number of aliphatic hydroxyl groups excluding tert-OH is 1. The molecule has 0 saturated carbocycles. The van der Waals surface area contributed by atoms with Crippen LogP contribution >= 0.6 is 0 Å². The average molecular weight is 327 g/mol. The first-order valence-corrected chi connectivity index (χ1v) is 9.04. The molecule has 1 fully saturated rings. The van der Waals surface area contributed by atoms with Crippen LogP contribution in [0.1, 0.15) is 48.7 Å². The normalized spacial score (nSPS) is 22.5. The summed E-state index contributed by atoms with van der Waals surface area (Å²) in [5, 5.41) is 18.3. The van der Waals surface area contributed by atoms with Gasteiger partial charge in [-0.2, -0.15) is 0 Å². The van der Waals surface area contributed by atoms with Crippen LogP contribution in [0.5, 0.6) is 0 Å². The summed E-state index contributed by atoms with van der Waals surface area (Å²) in [6.07, 6.45) is 9.91. The van der Waals surface area contributed by atoms with Crippen LogP contribution in [0.2, 0.25) is 0 Å². The Morgan fingerprint density at radius 3 is 2.96 bits per heavy atom. The van der Waals surface area contributed by atoms with Crippen LogP contribution in [0.3, 0.4) is 0 Å². The predicted molar refractivity (Wildman–Crippen MR) is 90.7 cm³/mol. The van der Waals surface area contributed by atoms with Crippen LogP contribution in [-0.4, -0.2) is 55.7 Å². The van der Waals surface area contributed by atoms with E-state index in [9.17, 15) is 5.11 Å². The third-order valence-corrected chi connectivity index (χ3v) is 5.28. The lowest BCUT2D eigenvalue weighted by Crippen LogP contribution is -2.37. The number of hydrogen-bond acceptors (Lipinski definition) is 5. The zero-order valence-corrected chi connectivity index (χ0v) is 14.0. The van der Waals surface area contributed by atoms with Gasteiger partial charge < -0.3 is 10.0 Å². The number of likely N-dealkylation sites (tertiary alicyclic amines) is 1. The van der Waals surface area contributed by atoms with E-state index in [1.54, 1.807) is 0 Å². The first kappa shape index (κ1) is 15.7. The van der Waals surface area contributed by atoms with Crippen LogP contribution < -0.4 is 0 Å². The van der Waals surface area contributed by atoms with Crippen molar-refractivity contribution in [2.24, 2.45) is 0 Å². The second-order valence-electron chi connectivity index (χ2n) is 6.97. The Balaban J connectivity index is 1.40. The van der Waals surface area contributed by atoms with E-state index in [4.69, 9.17) is 0 Å². The van der Waals surface area contributed by atoms with Crippen LogP contribution in [0.15, 0.2) is 24.5 Å². The third kappa shape index (κ3) is 3.35. The maximum absolute atomic E-state index is 9.58. The summed E-state index contributed by atoms with van der Waals surface area (Å²) in [6, 6.07) is 4.42. The van der Waals surface area contributed by atoms with Gasteiger partial charge in [-0.05, 0) is 43.7 Å². The van der Waals surface area contributed by atoms with E-state index in [0.29, 0.717) is 0 Å². The molecule has 0 aromatic carbocycles. The van der Waals surface area contributed by atoms with Crippen molar-refractivity contribution in [1.29, 1.82) is 0 Å². The largest absolute Gasteiger partial charge is 0.393 e. The fraction of sp³-hybridized carbons (Fsp3) is 0.611. The molecule has 1 aliphatic carbocycles. The first-order chi connectivity index (χ1) is 11.8. The highest BCUT2D eigenvalue weighted by atomic mass is 16.3. The Labute approximate surface area is 142 Å².